The van der Waals surface area contributed by atoms with E-state index in [4.69, 9.17) is 9.84 Å². The zero-order valence-corrected chi connectivity index (χ0v) is 18.4. The van der Waals surface area contributed by atoms with Gasteiger partial charge in [0, 0.05) is 5.92 Å². The highest BCUT2D eigenvalue weighted by Crippen LogP contribution is 2.44. The van der Waals surface area contributed by atoms with Crippen molar-refractivity contribution >= 4 is 18.0 Å². The number of carbonyl (C=O) groups is 3. The fraction of sp³-hybridized carbons (Fsp3) is 0.400. The summed E-state index contributed by atoms with van der Waals surface area (Å²) in [6.45, 7) is 0.0518. The molecule has 0 aliphatic heterocycles. The molecule has 1 unspecified atom stereocenters. The van der Waals surface area contributed by atoms with E-state index in [0.29, 0.717) is 12.8 Å². The number of ether oxygens (including phenoxy) is 1. The number of hydrogen-bond acceptors (Lipinski definition) is 4. The predicted octanol–water partition coefficient (Wildman–Crippen LogP) is 4.06. The average Bonchev–Trinajstić information content (AvgIpc) is 3.40. The van der Waals surface area contributed by atoms with Gasteiger partial charge in [0.05, 0.1) is 6.42 Å². The van der Waals surface area contributed by atoms with E-state index in [1.807, 2.05) is 48.5 Å². The fourth-order valence-electron chi connectivity index (χ4n) is 4.92. The van der Waals surface area contributed by atoms with Gasteiger partial charge in [-0.15, -0.1) is 0 Å². The monoisotopic (exact) mass is 472 g/mol. The second-order valence-electron chi connectivity index (χ2n) is 8.75. The van der Waals surface area contributed by atoms with E-state index in [9.17, 15) is 23.2 Å². The molecule has 0 spiro atoms. The van der Waals surface area contributed by atoms with Crippen molar-refractivity contribution in [3.63, 3.8) is 0 Å². The van der Waals surface area contributed by atoms with Gasteiger partial charge < -0.3 is 20.5 Å². The Hall–Kier alpha value is -3.49. The topological polar surface area (TPSA) is 105 Å². The lowest BCUT2D eigenvalue weighted by Crippen LogP contribution is -2.60. The first-order chi connectivity index (χ1) is 16.3. The minimum absolute atomic E-state index is 0.0518. The molecule has 0 radical (unpaired) electrons. The molecule has 0 aromatic heterocycles. The number of halogens is 2. The summed E-state index contributed by atoms with van der Waals surface area (Å²) in [5.74, 6) is -2.43. The number of alkyl carbamates (subject to hydrolysis) is 1. The number of fused-ring (bicyclic) bond motifs is 3. The molecule has 2 aliphatic rings. The number of alkyl halides is 2. The molecule has 2 aromatic carbocycles. The van der Waals surface area contributed by atoms with Crippen molar-refractivity contribution in [2.24, 2.45) is 0 Å². The molecule has 7 nitrogen and oxygen atoms in total. The summed E-state index contributed by atoms with van der Waals surface area (Å²) in [5, 5.41) is 13.6. The van der Waals surface area contributed by atoms with E-state index < -0.39 is 42.4 Å². The Balaban J connectivity index is 1.44. The third-order valence-electron chi connectivity index (χ3n) is 6.59. The standard InChI is InChI=1S/C25H26F2N2O5/c26-22(27)20(13-21(30)31)28-23(32)25(11-5-6-12-25)29-24(33)34-14-19-17-9-3-1-7-15(17)16-8-2-4-10-18(16)19/h1-4,7-10,19-20,22H,5-6,11-14H2,(H,28,32)(H,29,33)(H,30,31). The largest absolute Gasteiger partial charge is 0.481 e. The van der Waals surface area contributed by atoms with Crippen molar-refractivity contribution in [3.8, 4) is 11.1 Å². The van der Waals surface area contributed by atoms with Crippen molar-refractivity contribution in [1.29, 1.82) is 0 Å². The van der Waals surface area contributed by atoms with Crippen LogP contribution in [0.15, 0.2) is 48.5 Å². The number of carbonyl (C=O) groups excluding carboxylic acids is 2. The van der Waals surface area contributed by atoms with E-state index in [1.54, 1.807) is 0 Å². The van der Waals surface area contributed by atoms with Gasteiger partial charge in [0.2, 0.25) is 5.91 Å². The number of aliphatic carboxylic acids is 1. The molecule has 0 saturated heterocycles. The number of rotatable bonds is 8. The second kappa shape index (κ2) is 9.79. The molecule has 2 amide bonds. The number of nitrogens with one attached hydrogen (secondary N) is 2. The molecule has 1 fully saturated rings. The number of carboxylic acids is 1. The van der Waals surface area contributed by atoms with Gasteiger partial charge in [0.1, 0.15) is 18.2 Å². The summed E-state index contributed by atoms with van der Waals surface area (Å²) < 4.78 is 32.0. The maximum atomic E-state index is 13.2. The quantitative estimate of drug-likeness (QED) is 0.538. The zero-order chi connectivity index (χ0) is 24.3. The van der Waals surface area contributed by atoms with Crippen LogP contribution in [0.3, 0.4) is 0 Å². The molecular weight excluding hydrogens is 446 g/mol. The lowest BCUT2D eigenvalue weighted by atomic mass is 9.95. The average molecular weight is 472 g/mol. The summed E-state index contributed by atoms with van der Waals surface area (Å²) in [5.41, 5.74) is 2.83. The first-order valence-corrected chi connectivity index (χ1v) is 11.2. The molecule has 3 N–H and O–H groups in total. The SMILES string of the molecule is O=C(O)CC(NC(=O)C1(NC(=O)OCC2c3ccccc3-c3ccccc32)CCCC1)C(F)F. The van der Waals surface area contributed by atoms with Crippen LogP contribution in [0, 0.1) is 0 Å². The van der Waals surface area contributed by atoms with Gasteiger partial charge in [-0.2, -0.15) is 0 Å². The Labute approximate surface area is 195 Å². The summed E-state index contributed by atoms with van der Waals surface area (Å²) in [6.07, 6.45) is -3.02. The van der Waals surface area contributed by atoms with Gasteiger partial charge in [0.15, 0.2) is 0 Å². The smallest absolute Gasteiger partial charge is 0.408 e. The van der Waals surface area contributed by atoms with Crippen LogP contribution in [-0.2, 0) is 14.3 Å². The van der Waals surface area contributed by atoms with Crippen molar-refractivity contribution in [1.82, 2.24) is 10.6 Å². The Bertz CT molecular complexity index is 1040. The molecule has 1 atom stereocenters. The van der Waals surface area contributed by atoms with Gasteiger partial charge in [-0.05, 0) is 35.1 Å². The van der Waals surface area contributed by atoms with E-state index in [0.717, 1.165) is 22.3 Å². The number of carboxylic acid groups (broad SMARTS) is 1. The lowest BCUT2D eigenvalue weighted by molar-refractivity contribution is -0.139. The maximum absolute atomic E-state index is 13.2. The van der Waals surface area contributed by atoms with Crippen molar-refractivity contribution < 1.29 is 33.0 Å². The Morgan fingerprint density at radius 1 is 1.00 bits per heavy atom. The Kier molecular flexibility index (Phi) is 6.81. The van der Waals surface area contributed by atoms with Gasteiger partial charge in [-0.1, -0.05) is 61.4 Å². The Morgan fingerprint density at radius 3 is 2.09 bits per heavy atom. The molecule has 34 heavy (non-hydrogen) atoms. The first kappa shape index (κ1) is 23.7. The van der Waals surface area contributed by atoms with Crippen molar-refractivity contribution in [3.05, 3.63) is 59.7 Å². The van der Waals surface area contributed by atoms with Crippen LogP contribution in [0.2, 0.25) is 0 Å². The van der Waals surface area contributed by atoms with Crippen LogP contribution in [0.4, 0.5) is 13.6 Å². The number of hydrogen-bond donors (Lipinski definition) is 3. The molecule has 2 aliphatic carbocycles. The second-order valence-corrected chi connectivity index (χ2v) is 8.75. The lowest BCUT2D eigenvalue weighted by Gasteiger charge is -2.30. The molecule has 180 valence electrons. The van der Waals surface area contributed by atoms with Crippen LogP contribution in [0.25, 0.3) is 11.1 Å². The number of benzene rings is 2. The fourth-order valence-corrected chi connectivity index (χ4v) is 4.92. The third-order valence-corrected chi connectivity index (χ3v) is 6.59. The minimum atomic E-state index is -3.05. The Morgan fingerprint density at radius 2 is 1.56 bits per heavy atom. The number of amides is 2. The van der Waals surface area contributed by atoms with Gasteiger partial charge in [-0.25, -0.2) is 13.6 Å². The minimum Gasteiger partial charge on any atom is -0.481 e. The molecule has 0 bridgehead atoms. The maximum Gasteiger partial charge on any atom is 0.408 e. The molecule has 9 heteroatoms. The highest BCUT2D eigenvalue weighted by molar-refractivity contribution is 5.91. The molecule has 0 heterocycles. The van der Waals surface area contributed by atoms with Crippen LogP contribution < -0.4 is 10.6 Å². The van der Waals surface area contributed by atoms with E-state index in [2.05, 4.69) is 10.6 Å². The van der Waals surface area contributed by atoms with E-state index >= 15 is 0 Å². The van der Waals surface area contributed by atoms with Crippen molar-refractivity contribution in [2.45, 2.75) is 56.0 Å². The molecule has 1 saturated carbocycles. The highest BCUT2D eigenvalue weighted by atomic mass is 19.3. The van der Waals surface area contributed by atoms with Gasteiger partial charge >= 0.3 is 12.1 Å². The summed E-state index contributed by atoms with van der Waals surface area (Å²) in [4.78, 5) is 36.5. The molecule has 2 aromatic rings. The summed E-state index contributed by atoms with van der Waals surface area (Å²) in [7, 11) is 0. The zero-order valence-electron chi connectivity index (χ0n) is 18.4. The molecule has 4 rings (SSSR count). The predicted molar refractivity (Wildman–Crippen MR) is 120 cm³/mol. The van der Waals surface area contributed by atoms with Crippen molar-refractivity contribution in [2.75, 3.05) is 6.61 Å². The van der Waals surface area contributed by atoms with Crippen LogP contribution in [0.1, 0.15) is 49.1 Å². The van der Waals surface area contributed by atoms with Gasteiger partial charge in [0.25, 0.3) is 6.43 Å². The third kappa shape index (κ3) is 4.73. The normalized spacial score (nSPS) is 17.0. The van der Waals surface area contributed by atoms with Crippen LogP contribution in [-0.4, -0.2) is 47.7 Å². The summed E-state index contributed by atoms with van der Waals surface area (Å²) in [6, 6.07) is 13.9. The first-order valence-electron chi connectivity index (χ1n) is 11.2. The van der Waals surface area contributed by atoms with Crippen LogP contribution >= 0.6 is 0 Å². The van der Waals surface area contributed by atoms with E-state index in [-0.39, 0.29) is 25.4 Å². The summed E-state index contributed by atoms with van der Waals surface area (Å²) >= 11 is 0. The van der Waals surface area contributed by atoms with Crippen LogP contribution in [0.5, 0.6) is 0 Å². The highest BCUT2D eigenvalue weighted by Gasteiger charge is 2.44. The molecular formula is C25H26F2N2O5. The van der Waals surface area contributed by atoms with E-state index in [1.165, 1.54) is 0 Å². The van der Waals surface area contributed by atoms with Gasteiger partial charge in [-0.3, -0.25) is 9.59 Å².